The fraction of sp³-hybridized carbons (Fsp3) is 0.412. The summed E-state index contributed by atoms with van der Waals surface area (Å²) in [6.45, 7) is 4.65. The average Bonchev–Trinajstić information content (AvgIpc) is 2.87. The number of nitrogens with zero attached hydrogens (tertiary/aromatic N) is 4. The van der Waals surface area contributed by atoms with E-state index in [4.69, 9.17) is 11.6 Å². The van der Waals surface area contributed by atoms with E-state index in [1.807, 2.05) is 0 Å². The Hall–Kier alpha value is -1.90. The summed E-state index contributed by atoms with van der Waals surface area (Å²) in [5, 5.41) is 4.77. The zero-order valence-electron chi connectivity index (χ0n) is 14.9. The van der Waals surface area contributed by atoms with E-state index in [0.717, 1.165) is 0 Å². The van der Waals surface area contributed by atoms with Crippen molar-refractivity contribution < 1.29 is 13.2 Å². The lowest BCUT2D eigenvalue weighted by Gasteiger charge is -2.34. The van der Waals surface area contributed by atoms with Crippen LogP contribution in [0.25, 0.3) is 0 Å². The summed E-state index contributed by atoms with van der Waals surface area (Å²) in [5.74, 6) is -0.118. The second kappa shape index (κ2) is 7.02. The first-order valence-electron chi connectivity index (χ1n) is 8.27. The first-order valence-corrected chi connectivity index (χ1v) is 10.1. The second-order valence-electron chi connectivity index (χ2n) is 6.33. The molecule has 0 spiro atoms. The van der Waals surface area contributed by atoms with E-state index in [0.29, 0.717) is 35.1 Å². The number of aromatic nitrogens is 2. The van der Waals surface area contributed by atoms with E-state index in [9.17, 15) is 13.2 Å². The normalized spacial score (nSPS) is 16.1. The molecule has 9 heteroatoms. The molecule has 7 nitrogen and oxygen atoms in total. The van der Waals surface area contributed by atoms with Crippen LogP contribution in [0.15, 0.2) is 29.2 Å². The Kier molecular flexibility index (Phi) is 5.09. The van der Waals surface area contributed by atoms with Crippen LogP contribution >= 0.6 is 11.6 Å². The molecule has 0 N–H and O–H groups in total. The predicted octanol–water partition coefficient (Wildman–Crippen LogP) is 1.84. The summed E-state index contributed by atoms with van der Waals surface area (Å²) < 4.78 is 29.0. The quantitative estimate of drug-likeness (QED) is 0.793. The van der Waals surface area contributed by atoms with Crippen LogP contribution in [-0.4, -0.2) is 59.5 Å². The van der Waals surface area contributed by atoms with Gasteiger partial charge in [-0.1, -0.05) is 11.6 Å². The van der Waals surface area contributed by atoms with Crippen molar-refractivity contribution >= 4 is 27.5 Å². The number of rotatable bonds is 3. The Bertz CT molecular complexity index is 930. The fourth-order valence-corrected chi connectivity index (χ4v) is 5.11. The number of hydrogen-bond donors (Lipinski definition) is 0. The maximum Gasteiger partial charge on any atom is 0.253 e. The van der Waals surface area contributed by atoms with Gasteiger partial charge in [-0.25, -0.2) is 8.42 Å². The van der Waals surface area contributed by atoms with Crippen molar-refractivity contribution in [3.05, 3.63) is 46.2 Å². The summed E-state index contributed by atoms with van der Waals surface area (Å²) in [4.78, 5) is 14.5. The van der Waals surface area contributed by atoms with E-state index in [1.165, 1.54) is 4.31 Å². The van der Waals surface area contributed by atoms with E-state index in [2.05, 4.69) is 5.10 Å². The molecule has 2 aromatic rings. The highest BCUT2D eigenvalue weighted by atomic mass is 35.5. The molecular formula is C17H21ClN4O3S. The SMILES string of the molecule is Cc1nn(C)c(C)c1S(=O)(=O)N1CCN(C(=O)c2ccc(Cl)cc2)CC1. The lowest BCUT2D eigenvalue weighted by Crippen LogP contribution is -2.50. The van der Waals surface area contributed by atoms with Crippen LogP contribution in [0.2, 0.25) is 5.02 Å². The molecular weight excluding hydrogens is 376 g/mol. The van der Waals surface area contributed by atoms with Crippen molar-refractivity contribution in [1.82, 2.24) is 19.0 Å². The van der Waals surface area contributed by atoms with Crippen molar-refractivity contribution in [3.63, 3.8) is 0 Å². The van der Waals surface area contributed by atoms with Crippen LogP contribution in [0.4, 0.5) is 0 Å². The van der Waals surface area contributed by atoms with Gasteiger partial charge in [0.05, 0.1) is 11.4 Å². The summed E-state index contributed by atoms with van der Waals surface area (Å²) in [5.41, 5.74) is 1.65. The van der Waals surface area contributed by atoms with Gasteiger partial charge >= 0.3 is 0 Å². The Morgan fingerprint density at radius 3 is 2.15 bits per heavy atom. The Labute approximate surface area is 158 Å². The molecule has 2 heterocycles. The number of hydrogen-bond acceptors (Lipinski definition) is 4. The third-order valence-corrected chi connectivity index (χ3v) is 7.06. The van der Waals surface area contributed by atoms with Gasteiger partial charge in [-0.05, 0) is 38.1 Å². The predicted molar refractivity (Wildman–Crippen MR) is 98.8 cm³/mol. The number of aryl methyl sites for hydroxylation is 2. The van der Waals surface area contributed by atoms with E-state index < -0.39 is 10.0 Å². The molecule has 1 aromatic heterocycles. The van der Waals surface area contributed by atoms with Gasteiger partial charge in [0.1, 0.15) is 4.90 Å². The first kappa shape index (κ1) is 18.9. The van der Waals surface area contributed by atoms with Crippen molar-refractivity contribution in [2.24, 2.45) is 7.05 Å². The first-order chi connectivity index (χ1) is 12.2. The molecule has 1 aromatic carbocycles. The zero-order valence-corrected chi connectivity index (χ0v) is 16.5. The number of piperazine rings is 1. The Morgan fingerprint density at radius 1 is 1.08 bits per heavy atom. The van der Waals surface area contributed by atoms with Gasteiger partial charge in [-0.15, -0.1) is 0 Å². The molecule has 1 fully saturated rings. The van der Waals surface area contributed by atoms with Gasteiger partial charge in [0, 0.05) is 43.8 Å². The van der Waals surface area contributed by atoms with Crippen LogP contribution in [0.5, 0.6) is 0 Å². The van der Waals surface area contributed by atoms with Crippen molar-refractivity contribution in [3.8, 4) is 0 Å². The molecule has 1 saturated heterocycles. The average molecular weight is 397 g/mol. The van der Waals surface area contributed by atoms with E-state index >= 15 is 0 Å². The summed E-state index contributed by atoms with van der Waals surface area (Å²) in [6, 6.07) is 6.69. The summed E-state index contributed by atoms with van der Waals surface area (Å²) in [6.07, 6.45) is 0. The summed E-state index contributed by atoms with van der Waals surface area (Å²) >= 11 is 5.85. The molecule has 1 aliphatic heterocycles. The highest BCUT2D eigenvalue weighted by molar-refractivity contribution is 7.89. The third-order valence-electron chi connectivity index (χ3n) is 4.66. The van der Waals surface area contributed by atoms with Crippen LogP contribution in [0.1, 0.15) is 21.7 Å². The smallest absolute Gasteiger partial charge is 0.253 e. The Morgan fingerprint density at radius 2 is 1.65 bits per heavy atom. The molecule has 3 rings (SSSR count). The van der Waals surface area contributed by atoms with Gasteiger partial charge < -0.3 is 4.90 Å². The monoisotopic (exact) mass is 396 g/mol. The van der Waals surface area contributed by atoms with Gasteiger partial charge in [-0.2, -0.15) is 9.40 Å². The molecule has 1 aliphatic rings. The number of sulfonamides is 1. The van der Waals surface area contributed by atoms with E-state index in [-0.39, 0.29) is 23.9 Å². The topological polar surface area (TPSA) is 75.5 Å². The number of carbonyl (C=O) groups is 1. The van der Waals surface area contributed by atoms with Crippen molar-refractivity contribution in [2.75, 3.05) is 26.2 Å². The Balaban J connectivity index is 1.73. The van der Waals surface area contributed by atoms with Crippen molar-refractivity contribution in [2.45, 2.75) is 18.7 Å². The largest absolute Gasteiger partial charge is 0.336 e. The molecule has 0 atom stereocenters. The minimum atomic E-state index is -3.63. The van der Waals surface area contributed by atoms with Gasteiger partial charge in [0.2, 0.25) is 10.0 Å². The highest BCUT2D eigenvalue weighted by Gasteiger charge is 2.34. The van der Waals surface area contributed by atoms with Gasteiger partial charge in [0.25, 0.3) is 5.91 Å². The lowest BCUT2D eigenvalue weighted by atomic mass is 10.2. The molecule has 1 amide bonds. The molecule has 0 saturated carbocycles. The highest BCUT2D eigenvalue weighted by Crippen LogP contribution is 2.24. The molecule has 0 radical (unpaired) electrons. The minimum Gasteiger partial charge on any atom is -0.336 e. The van der Waals surface area contributed by atoms with Crippen LogP contribution in [0, 0.1) is 13.8 Å². The minimum absolute atomic E-state index is 0.118. The second-order valence-corrected chi connectivity index (χ2v) is 8.64. The van der Waals surface area contributed by atoms with Gasteiger partial charge in [0.15, 0.2) is 0 Å². The number of halogens is 1. The molecule has 140 valence electrons. The number of benzene rings is 1. The van der Waals surface area contributed by atoms with Crippen molar-refractivity contribution in [1.29, 1.82) is 0 Å². The van der Waals surface area contributed by atoms with Crippen LogP contribution < -0.4 is 0 Å². The molecule has 26 heavy (non-hydrogen) atoms. The zero-order chi connectivity index (χ0) is 19.1. The lowest BCUT2D eigenvalue weighted by molar-refractivity contribution is 0.0698. The standard InChI is InChI=1S/C17H21ClN4O3S/c1-12-16(13(2)20(3)19-12)26(24,25)22-10-8-21(9-11-22)17(23)14-4-6-15(18)7-5-14/h4-7H,8-11H2,1-3H3. The van der Waals surface area contributed by atoms with Gasteiger partial charge in [-0.3, -0.25) is 9.48 Å². The molecule has 0 unspecified atom stereocenters. The maximum absolute atomic E-state index is 13.0. The summed E-state index contributed by atoms with van der Waals surface area (Å²) in [7, 11) is -1.90. The fourth-order valence-electron chi connectivity index (χ4n) is 3.16. The van der Waals surface area contributed by atoms with Crippen LogP contribution in [-0.2, 0) is 17.1 Å². The van der Waals surface area contributed by atoms with E-state index in [1.54, 1.807) is 54.7 Å². The molecule has 0 bridgehead atoms. The number of carbonyl (C=O) groups excluding carboxylic acids is 1. The number of amides is 1. The maximum atomic E-state index is 13.0. The molecule has 0 aliphatic carbocycles. The van der Waals surface area contributed by atoms with Crippen LogP contribution in [0.3, 0.4) is 0 Å². The third kappa shape index (κ3) is 3.36.